The number of hydrogen-bond donors (Lipinski definition) is 3. The van der Waals surface area contributed by atoms with Gasteiger partial charge in [-0.1, -0.05) is 19.1 Å². The Morgan fingerprint density at radius 1 is 1.32 bits per heavy atom. The highest BCUT2D eigenvalue weighted by Gasteiger charge is 2.13. The first-order valence-electron chi connectivity index (χ1n) is 7.19. The molecular weight excluding hydrogens is 282 g/mol. The zero-order valence-corrected chi connectivity index (χ0v) is 12.7. The van der Waals surface area contributed by atoms with Crippen LogP contribution in [0.2, 0.25) is 0 Å². The monoisotopic (exact) mass is 303 g/mol. The summed E-state index contributed by atoms with van der Waals surface area (Å²) in [4.78, 5) is 15.7. The fourth-order valence-corrected chi connectivity index (χ4v) is 1.85. The molecule has 7 heteroatoms. The van der Waals surface area contributed by atoms with E-state index in [1.165, 1.54) is 6.33 Å². The van der Waals surface area contributed by atoms with Gasteiger partial charge < -0.3 is 15.7 Å². The summed E-state index contributed by atoms with van der Waals surface area (Å²) >= 11 is 0. The lowest BCUT2D eigenvalue weighted by atomic mass is 10.1. The molecule has 1 aromatic heterocycles. The van der Waals surface area contributed by atoms with E-state index in [1.54, 1.807) is 11.0 Å². The third kappa shape index (κ3) is 4.29. The summed E-state index contributed by atoms with van der Waals surface area (Å²) in [6.07, 6.45) is 3.11. The molecule has 2 atom stereocenters. The van der Waals surface area contributed by atoms with E-state index >= 15 is 0 Å². The summed E-state index contributed by atoms with van der Waals surface area (Å²) in [7, 11) is 0. The molecule has 2 unspecified atom stereocenters. The average Bonchev–Trinajstić information content (AvgIpc) is 3.07. The number of hydrogen-bond acceptors (Lipinski definition) is 4. The Bertz CT molecular complexity index is 582. The summed E-state index contributed by atoms with van der Waals surface area (Å²) in [5, 5.41) is 18.7. The van der Waals surface area contributed by atoms with Gasteiger partial charge in [0.15, 0.2) is 0 Å². The molecule has 3 N–H and O–H groups in total. The molecule has 0 aliphatic heterocycles. The largest absolute Gasteiger partial charge is 0.396 e. The quantitative estimate of drug-likeness (QED) is 0.744. The molecule has 0 aliphatic rings. The van der Waals surface area contributed by atoms with Gasteiger partial charge in [0.05, 0.1) is 5.69 Å². The normalized spacial score (nSPS) is 13.4. The first kappa shape index (κ1) is 16.0. The van der Waals surface area contributed by atoms with Gasteiger partial charge in [-0.3, -0.25) is 0 Å². The summed E-state index contributed by atoms with van der Waals surface area (Å²) in [5.41, 5.74) is 1.90. The Morgan fingerprint density at radius 2 is 2.05 bits per heavy atom. The van der Waals surface area contributed by atoms with E-state index in [0.717, 1.165) is 11.3 Å². The van der Waals surface area contributed by atoms with Crippen molar-refractivity contribution in [3.05, 3.63) is 42.5 Å². The maximum atomic E-state index is 11.8. The predicted molar refractivity (Wildman–Crippen MR) is 82.4 cm³/mol. The average molecular weight is 303 g/mol. The number of urea groups is 1. The minimum Gasteiger partial charge on any atom is -0.396 e. The summed E-state index contributed by atoms with van der Waals surface area (Å²) in [5.74, 6) is 0.0210. The number of nitrogens with zero attached hydrogens (tertiary/aromatic N) is 3. The highest BCUT2D eigenvalue weighted by molar-refractivity contribution is 5.74. The van der Waals surface area contributed by atoms with E-state index in [-0.39, 0.29) is 24.6 Å². The molecule has 0 bridgehead atoms. The van der Waals surface area contributed by atoms with Crippen molar-refractivity contribution in [3.63, 3.8) is 0 Å². The van der Waals surface area contributed by atoms with E-state index < -0.39 is 0 Å². The van der Waals surface area contributed by atoms with Crippen molar-refractivity contribution >= 4 is 6.03 Å². The zero-order chi connectivity index (χ0) is 15.9. The van der Waals surface area contributed by atoms with Crippen molar-refractivity contribution in [2.24, 2.45) is 5.92 Å². The molecule has 0 saturated heterocycles. The van der Waals surface area contributed by atoms with Crippen molar-refractivity contribution in [3.8, 4) is 5.69 Å². The molecule has 0 fully saturated rings. The molecule has 2 aromatic rings. The number of rotatable bonds is 6. The third-order valence-electron chi connectivity index (χ3n) is 3.57. The third-order valence-corrected chi connectivity index (χ3v) is 3.57. The van der Waals surface area contributed by atoms with Crippen LogP contribution in [0.15, 0.2) is 36.9 Å². The maximum absolute atomic E-state index is 11.8. The summed E-state index contributed by atoms with van der Waals surface area (Å²) in [6, 6.07) is 7.36. The standard InChI is InChI=1S/C15H21N5O2/c1-11(8-21)12(2)19-15(22)17-7-13-3-5-14(6-4-13)20-10-16-9-18-20/h3-6,9-12,21H,7-8H2,1-2H3,(H2,17,19,22). The smallest absolute Gasteiger partial charge is 0.315 e. The van der Waals surface area contributed by atoms with Crippen LogP contribution in [-0.4, -0.2) is 38.6 Å². The minimum absolute atomic E-state index is 0.0210. The van der Waals surface area contributed by atoms with Crippen molar-refractivity contribution in [2.75, 3.05) is 6.61 Å². The molecule has 22 heavy (non-hydrogen) atoms. The lowest BCUT2D eigenvalue weighted by Gasteiger charge is -2.19. The van der Waals surface area contributed by atoms with Gasteiger partial charge in [0.1, 0.15) is 12.7 Å². The Labute approximate surface area is 129 Å². The number of amides is 2. The van der Waals surface area contributed by atoms with Crippen molar-refractivity contribution in [1.29, 1.82) is 0 Å². The van der Waals surface area contributed by atoms with Gasteiger partial charge in [0.2, 0.25) is 0 Å². The molecule has 2 amide bonds. The second kappa shape index (κ2) is 7.56. The van der Waals surface area contributed by atoms with E-state index in [2.05, 4.69) is 20.7 Å². The predicted octanol–water partition coefficient (Wildman–Crippen LogP) is 1.08. The second-order valence-electron chi connectivity index (χ2n) is 5.28. The van der Waals surface area contributed by atoms with Gasteiger partial charge in [-0.15, -0.1) is 0 Å². The van der Waals surface area contributed by atoms with Gasteiger partial charge in [-0.2, -0.15) is 5.10 Å². The SMILES string of the molecule is CC(CO)C(C)NC(=O)NCc1ccc(-n2cncn2)cc1. The van der Waals surface area contributed by atoms with Gasteiger partial charge >= 0.3 is 6.03 Å². The fourth-order valence-electron chi connectivity index (χ4n) is 1.85. The molecule has 7 nitrogen and oxygen atoms in total. The van der Waals surface area contributed by atoms with E-state index in [4.69, 9.17) is 5.11 Å². The number of aliphatic hydroxyl groups excluding tert-OH is 1. The summed E-state index contributed by atoms with van der Waals surface area (Å²) in [6.45, 7) is 4.23. The number of nitrogens with one attached hydrogen (secondary N) is 2. The molecule has 1 heterocycles. The van der Waals surface area contributed by atoms with Crippen LogP contribution in [0, 0.1) is 5.92 Å². The number of carbonyl (C=O) groups is 1. The van der Waals surface area contributed by atoms with Crippen LogP contribution < -0.4 is 10.6 Å². The number of benzene rings is 1. The van der Waals surface area contributed by atoms with Crippen molar-refractivity contribution in [1.82, 2.24) is 25.4 Å². The van der Waals surface area contributed by atoms with Crippen molar-refractivity contribution < 1.29 is 9.90 Å². The fraction of sp³-hybridized carbons (Fsp3) is 0.400. The Morgan fingerprint density at radius 3 is 2.64 bits per heavy atom. The first-order chi connectivity index (χ1) is 10.6. The van der Waals surface area contributed by atoms with Crippen LogP contribution in [-0.2, 0) is 6.54 Å². The Hall–Kier alpha value is -2.41. The van der Waals surface area contributed by atoms with Gasteiger partial charge in [-0.05, 0) is 30.5 Å². The molecule has 0 aliphatic carbocycles. The van der Waals surface area contributed by atoms with Crippen LogP contribution in [0.4, 0.5) is 4.79 Å². The van der Waals surface area contributed by atoms with Gasteiger partial charge in [0.25, 0.3) is 0 Å². The highest BCUT2D eigenvalue weighted by atomic mass is 16.3. The minimum atomic E-state index is -0.242. The first-order valence-corrected chi connectivity index (χ1v) is 7.19. The van der Waals surface area contributed by atoms with Crippen LogP contribution in [0.5, 0.6) is 0 Å². The van der Waals surface area contributed by atoms with E-state index in [0.29, 0.717) is 6.54 Å². The van der Waals surface area contributed by atoms with Crippen LogP contribution >= 0.6 is 0 Å². The van der Waals surface area contributed by atoms with E-state index in [1.807, 2.05) is 38.1 Å². The molecule has 0 saturated carbocycles. The lowest BCUT2D eigenvalue weighted by Crippen LogP contribution is -2.43. The number of aliphatic hydroxyl groups is 1. The van der Waals surface area contributed by atoms with Crippen LogP contribution in [0.1, 0.15) is 19.4 Å². The molecule has 0 spiro atoms. The Kier molecular flexibility index (Phi) is 5.48. The zero-order valence-electron chi connectivity index (χ0n) is 12.7. The topological polar surface area (TPSA) is 92.1 Å². The highest BCUT2D eigenvalue weighted by Crippen LogP contribution is 2.08. The lowest BCUT2D eigenvalue weighted by molar-refractivity contribution is 0.200. The van der Waals surface area contributed by atoms with Crippen LogP contribution in [0.25, 0.3) is 5.69 Å². The maximum Gasteiger partial charge on any atom is 0.315 e. The summed E-state index contributed by atoms with van der Waals surface area (Å²) < 4.78 is 1.67. The van der Waals surface area contributed by atoms with Gasteiger partial charge in [0, 0.05) is 19.2 Å². The van der Waals surface area contributed by atoms with E-state index in [9.17, 15) is 4.79 Å². The molecule has 0 radical (unpaired) electrons. The van der Waals surface area contributed by atoms with Gasteiger partial charge in [-0.25, -0.2) is 14.5 Å². The van der Waals surface area contributed by atoms with Crippen LogP contribution in [0.3, 0.4) is 0 Å². The van der Waals surface area contributed by atoms with Crippen molar-refractivity contribution in [2.45, 2.75) is 26.4 Å². The molecule has 2 rings (SSSR count). The number of aromatic nitrogens is 3. The second-order valence-corrected chi connectivity index (χ2v) is 5.28. The number of carbonyl (C=O) groups excluding carboxylic acids is 1. The Balaban J connectivity index is 1.83. The molecular formula is C15H21N5O2. The molecule has 1 aromatic carbocycles. The molecule has 118 valence electrons.